The highest BCUT2D eigenvalue weighted by Gasteiger charge is 2.35. The van der Waals surface area contributed by atoms with Crippen LogP contribution in [0.5, 0.6) is 0 Å². The molecule has 0 bridgehead atoms. The Hall–Kier alpha value is -2.06. The molecule has 2 atom stereocenters. The normalized spacial score (nSPS) is 22.5. The number of hydrogen-bond acceptors (Lipinski definition) is 4. The molecular weight excluding hydrogens is 401 g/mol. The molecule has 2 aliphatic rings. The van der Waals surface area contributed by atoms with Gasteiger partial charge in [0.2, 0.25) is 9.84 Å². The minimum Gasteiger partial charge on any atom is -0.381 e. The molecule has 2 aliphatic heterocycles. The molecule has 2 heterocycles. The Morgan fingerprint density at radius 1 is 1.03 bits per heavy atom. The monoisotopic (exact) mass is 424 g/mol. The molecule has 4 nitrogen and oxygen atoms in total. The quantitative estimate of drug-likeness (QED) is 0.787. The van der Waals surface area contributed by atoms with Crippen molar-refractivity contribution >= 4 is 15.5 Å². The van der Waals surface area contributed by atoms with E-state index in [4.69, 9.17) is 0 Å². The van der Waals surface area contributed by atoms with Gasteiger partial charge in [0.05, 0.1) is 15.4 Å². The summed E-state index contributed by atoms with van der Waals surface area (Å²) in [5, 5.41) is 3.52. The number of benzene rings is 2. The zero-order valence-corrected chi connectivity index (χ0v) is 16.9. The molecule has 0 radical (unpaired) electrons. The van der Waals surface area contributed by atoms with Crippen molar-refractivity contribution in [2.45, 2.75) is 47.7 Å². The van der Waals surface area contributed by atoms with E-state index in [1.165, 1.54) is 6.07 Å². The fourth-order valence-corrected chi connectivity index (χ4v) is 5.62. The number of likely N-dealkylation sites (tertiary alicyclic amines) is 1. The van der Waals surface area contributed by atoms with Crippen LogP contribution in [0.25, 0.3) is 0 Å². The van der Waals surface area contributed by atoms with Crippen LogP contribution in [0.3, 0.4) is 0 Å². The van der Waals surface area contributed by atoms with E-state index < -0.39 is 21.6 Å². The molecule has 1 fully saturated rings. The van der Waals surface area contributed by atoms with Crippen molar-refractivity contribution in [3.63, 3.8) is 0 Å². The molecule has 1 saturated heterocycles. The predicted molar refractivity (Wildman–Crippen MR) is 105 cm³/mol. The van der Waals surface area contributed by atoms with E-state index >= 15 is 0 Å². The number of nitrogens with one attached hydrogen (secondary N) is 1. The third kappa shape index (κ3) is 3.75. The lowest BCUT2D eigenvalue weighted by Gasteiger charge is -2.17. The van der Waals surface area contributed by atoms with Crippen molar-refractivity contribution < 1.29 is 21.6 Å². The van der Waals surface area contributed by atoms with Crippen LogP contribution in [0.2, 0.25) is 0 Å². The molecule has 2 aromatic rings. The Morgan fingerprint density at radius 3 is 2.34 bits per heavy atom. The van der Waals surface area contributed by atoms with Gasteiger partial charge in [0.1, 0.15) is 0 Å². The van der Waals surface area contributed by atoms with E-state index in [1.807, 2.05) is 0 Å². The number of rotatable bonds is 3. The maximum absolute atomic E-state index is 13.0. The second kappa shape index (κ2) is 7.32. The third-order valence-electron chi connectivity index (χ3n) is 6.01. The summed E-state index contributed by atoms with van der Waals surface area (Å²) in [6.45, 7) is 5.11. The van der Waals surface area contributed by atoms with Gasteiger partial charge < -0.3 is 10.2 Å². The van der Waals surface area contributed by atoms with Crippen LogP contribution in [-0.2, 0) is 16.0 Å². The SMILES string of the molecule is CCN1CCC2Nc3ccc(S(=O)(=O)c4ccc(C(F)(F)F)cc4)cc3[C@H]2CC1. The Balaban J connectivity index is 1.65. The number of fused-ring (bicyclic) bond motifs is 3. The second-order valence-electron chi connectivity index (χ2n) is 7.64. The fourth-order valence-electron chi connectivity index (χ4n) is 4.32. The molecule has 0 aromatic heterocycles. The van der Waals surface area contributed by atoms with Crippen LogP contribution in [0, 0.1) is 0 Å². The summed E-state index contributed by atoms with van der Waals surface area (Å²) in [4.78, 5) is 2.38. The van der Waals surface area contributed by atoms with Gasteiger partial charge in [-0.05, 0) is 74.0 Å². The molecule has 156 valence electrons. The molecular formula is C21H23F3N2O2S. The largest absolute Gasteiger partial charge is 0.416 e. The van der Waals surface area contributed by atoms with Crippen LogP contribution >= 0.6 is 0 Å². The van der Waals surface area contributed by atoms with E-state index in [2.05, 4.69) is 17.1 Å². The number of halogens is 3. The molecule has 0 spiro atoms. The number of sulfone groups is 1. The van der Waals surface area contributed by atoms with E-state index in [9.17, 15) is 21.6 Å². The van der Waals surface area contributed by atoms with Gasteiger partial charge in [-0.1, -0.05) is 6.92 Å². The highest BCUT2D eigenvalue weighted by molar-refractivity contribution is 7.91. The van der Waals surface area contributed by atoms with E-state index in [0.717, 1.165) is 68.0 Å². The first-order valence-corrected chi connectivity index (χ1v) is 11.2. The summed E-state index contributed by atoms with van der Waals surface area (Å²) in [6.07, 6.45) is -2.56. The van der Waals surface area contributed by atoms with Crippen LogP contribution in [0.15, 0.2) is 52.3 Å². The van der Waals surface area contributed by atoms with Crippen molar-refractivity contribution in [3.05, 3.63) is 53.6 Å². The van der Waals surface area contributed by atoms with Crippen molar-refractivity contribution in [2.24, 2.45) is 0 Å². The minimum atomic E-state index is -4.50. The fraction of sp³-hybridized carbons (Fsp3) is 0.429. The summed E-state index contributed by atoms with van der Waals surface area (Å²) in [5.74, 6) is 0.240. The van der Waals surface area contributed by atoms with Gasteiger partial charge in [-0.2, -0.15) is 13.2 Å². The highest BCUT2D eigenvalue weighted by atomic mass is 32.2. The first kappa shape index (κ1) is 20.2. The Labute approximate surface area is 168 Å². The third-order valence-corrected chi connectivity index (χ3v) is 7.78. The lowest BCUT2D eigenvalue weighted by Crippen LogP contribution is -2.25. The summed E-state index contributed by atoms with van der Waals surface area (Å²) in [7, 11) is -3.89. The highest BCUT2D eigenvalue weighted by Crippen LogP contribution is 2.42. The molecule has 0 aliphatic carbocycles. The van der Waals surface area contributed by atoms with Crippen LogP contribution in [-0.4, -0.2) is 39.0 Å². The molecule has 0 saturated carbocycles. The summed E-state index contributed by atoms with van der Waals surface area (Å²) < 4.78 is 64.3. The van der Waals surface area contributed by atoms with Gasteiger partial charge in [0.15, 0.2) is 0 Å². The standard InChI is InChI=1S/C21H23F3N2O2S/c1-2-26-11-9-17-18-13-16(7-8-19(18)25-20(17)10-12-26)29(27,28)15-5-3-14(4-6-15)21(22,23)24/h3-8,13,17,20,25H,2,9-12H2,1H3/t17-,20?/m1/s1. The maximum atomic E-state index is 13.0. The average molecular weight is 424 g/mol. The molecule has 29 heavy (non-hydrogen) atoms. The molecule has 4 rings (SSSR count). The van der Waals surface area contributed by atoms with Crippen LogP contribution in [0.1, 0.15) is 36.8 Å². The lowest BCUT2D eigenvalue weighted by atomic mass is 9.91. The average Bonchev–Trinajstić information content (AvgIpc) is 2.91. The zero-order valence-electron chi connectivity index (χ0n) is 16.0. The van der Waals surface area contributed by atoms with Gasteiger partial charge >= 0.3 is 6.18 Å². The van der Waals surface area contributed by atoms with Crippen LogP contribution in [0.4, 0.5) is 18.9 Å². The van der Waals surface area contributed by atoms with Crippen molar-refractivity contribution in [2.75, 3.05) is 25.0 Å². The summed E-state index contributed by atoms with van der Waals surface area (Å²) in [5.41, 5.74) is 1.08. The number of alkyl halides is 3. The molecule has 1 N–H and O–H groups in total. The van der Waals surface area contributed by atoms with Gasteiger partial charge in [0, 0.05) is 24.2 Å². The van der Waals surface area contributed by atoms with Crippen molar-refractivity contribution in [3.8, 4) is 0 Å². The minimum absolute atomic E-state index is 0.120. The topological polar surface area (TPSA) is 49.4 Å². The van der Waals surface area contributed by atoms with Gasteiger partial charge in [0.25, 0.3) is 0 Å². The first-order valence-electron chi connectivity index (χ1n) is 9.75. The number of nitrogens with zero attached hydrogens (tertiary/aromatic N) is 1. The van der Waals surface area contributed by atoms with Crippen molar-refractivity contribution in [1.29, 1.82) is 0 Å². The molecule has 1 unspecified atom stereocenters. The summed E-state index contributed by atoms with van der Waals surface area (Å²) in [6, 6.07) is 8.95. The Kier molecular flexibility index (Phi) is 5.11. The van der Waals surface area contributed by atoms with Gasteiger partial charge in [-0.15, -0.1) is 0 Å². The van der Waals surface area contributed by atoms with E-state index in [1.54, 1.807) is 12.1 Å². The van der Waals surface area contributed by atoms with Crippen molar-refractivity contribution in [1.82, 2.24) is 4.90 Å². The lowest BCUT2D eigenvalue weighted by molar-refractivity contribution is -0.137. The Morgan fingerprint density at radius 2 is 1.69 bits per heavy atom. The number of anilines is 1. The first-order chi connectivity index (χ1) is 13.7. The summed E-state index contributed by atoms with van der Waals surface area (Å²) >= 11 is 0. The zero-order chi connectivity index (χ0) is 20.8. The Bertz CT molecular complexity index is 1000. The van der Waals surface area contributed by atoms with E-state index in [-0.39, 0.29) is 21.8 Å². The maximum Gasteiger partial charge on any atom is 0.416 e. The molecule has 2 aromatic carbocycles. The van der Waals surface area contributed by atoms with E-state index in [0.29, 0.717) is 0 Å². The second-order valence-corrected chi connectivity index (χ2v) is 9.59. The molecule has 8 heteroatoms. The van der Waals surface area contributed by atoms with Gasteiger partial charge in [-0.25, -0.2) is 8.42 Å². The number of hydrogen-bond donors (Lipinski definition) is 1. The van der Waals surface area contributed by atoms with Gasteiger partial charge in [-0.3, -0.25) is 0 Å². The predicted octanol–water partition coefficient (Wildman–Crippen LogP) is 4.53. The van der Waals surface area contributed by atoms with Crippen LogP contribution < -0.4 is 5.32 Å². The smallest absolute Gasteiger partial charge is 0.381 e. The molecule has 0 amide bonds.